The second kappa shape index (κ2) is 3.94. The molecule has 0 aromatic rings. The SMILES string of the molecule is C=C([SiH2]NCC)C(C)(C)C. The topological polar surface area (TPSA) is 12.0 Å². The van der Waals surface area contributed by atoms with Crippen LogP contribution in [-0.2, 0) is 0 Å². The van der Waals surface area contributed by atoms with E-state index < -0.39 is 0 Å². The molecule has 0 bridgehead atoms. The molecule has 0 atom stereocenters. The molecule has 0 radical (unpaired) electrons. The maximum Gasteiger partial charge on any atom is 0.119 e. The van der Waals surface area contributed by atoms with Crippen LogP contribution in [0.25, 0.3) is 0 Å². The molecule has 1 nitrogen and oxygen atoms in total. The Hall–Kier alpha value is -0.0831. The highest BCUT2D eigenvalue weighted by atomic mass is 28.2. The Balaban J connectivity index is 3.64. The van der Waals surface area contributed by atoms with E-state index in [1.165, 1.54) is 5.20 Å². The summed E-state index contributed by atoms with van der Waals surface area (Å²) in [5.41, 5.74) is 0.314. The predicted molar refractivity (Wildman–Crippen MR) is 50.8 cm³/mol. The Labute approximate surface area is 66.8 Å². The van der Waals surface area contributed by atoms with Crippen molar-refractivity contribution in [1.82, 2.24) is 4.98 Å². The van der Waals surface area contributed by atoms with E-state index in [9.17, 15) is 0 Å². The van der Waals surface area contributed by atoms with Gasteiger partial charge < -0.3 is 4.98 Å². The quantitative estimate of drug-likeness (QED) is 0.608. The zero-order valence-corrected chi connectivity index (χ0v) is 9.04. The van der Waals surface area contributed by atoms with Crippen molar-refractivity contribution < 1.29 is 0 Å². The lowest BCUT2D eigenvalue weighted by Gasteiger charge is -2.21. The Morgan fingerprint density at radius 1 is 1.50 bits per heavy atom. The lowest BCUT2D eigenvalue weighted by atomic mass is 9.97. The summed E-state index contributed by atoms with van der Waals surface area (Å²) in [5.74, 6) is 0. The molecule has 0 aliphatic carbocycles. The summed E-state index contributed by atoms with van der Waals surface area (Å²) >= 11 is 0. The van der Waals surface area contributed by atoms with Crippen LogP contribution in [0.4, 0.5) is 0 Å². The van der Waals surface area contributed by atoms with Crippen molar-refractivity contribution in [2.45, 2.75) is 27.7 Å². The first-order valence-corrected chi connectivity index (χ1v) is 5.29. The van der Waals surface area contributed by atoms with Crippen molar-refractivity contribution >= 4 is 9.68 Å². The van der Waals surface area contributed by atoms with Crippen molar-refractivity contribution in [3.63, 3.8) is 0 Å². The first-order chi connectivity index (χ1) is 4.48. The Morgan fingerprint density at radius 2 is 2.00 bits per heavy atom. The third-order valence-corrected chi connectivity index (χ3v) is 3.89. The second-order valence-electron chi connectivity index (χ2n) is 3.63. The number of hydrogen-bond donors (Lipinski definition) is 1. The third kappa shape index (κ3) is 3.85. The monoisotopic (exact) mass is 157 g/mol. The van der Waals surface area contributed by atoms with E-state index in [4.69, 9.17) is 0 Å². The zero-order chi connectivity index (χ0) is 8.20. The van der Waals surface area contributed by atoms with Crippen molar-refractivity contribution in [3.05, 3.63) is 11.8 Å². The molecule has 60 valence electrons. The number of nitrogens with one attached hydrogen (secondary N) is 1. The van der Waals surface area contributed by atoms with Crippen molar-refractivity contribution in [3.8, 4) is 0 Å². The summed E-state index contributed by atoms with van der Waals surface area (Å²) in [6.45, 7) is 14.0. The highest BCUT2D eigenvalue weighted by Gasteiger charge is 2.13. The van der Waals surface area contributed by atoms with Gasteiger partial charge in [-0.3, -0.25) is 0 Å². The van der Waals surface area contributed by atoms with Crippen LogP contribution < -0.4 is 4.98 Å². The van der Waals surface area contributed by atoms with Gasteiger partial charge in [-0.15, -0.1) is 6.58 Å². The van der Waals surface area contributed by atoms with E-state index >= 15 is 0 Å². The number of allylic oxidation sites excluding steroid dienone is 1. The Bertz CT molecular complexity index is 113. The minimum atomic E-state index is -0.213. The van der Waals surface area contributed by atoms with E-state index in [2.05, 4.69) is 39.3 Å². The van der Waals surface area contributed by atoms with Gasteiger partial charge in [0, 0.05) is 0 Å². The van der Waals surface area contributed by atoms with Crippen LogP contribution in [-0.4, -0.2) is 16.2 Å². The van der Waals surface area contributed by atoms with Crippen molar-refractivity contribution in [1.29, 1.82) is 0 Å². The Kier molecular flexibility index (Phi) is 3.90. The number of hydrogen-bond acceptors (Lipinski definition) is 1. The van der Waals surface area contributed by atoms with Gasteiger partial charge in [-0.25, -0.2) is 0 Å². The van der Waals surface area contributed by atoms with Gasteiger partial charge in [-0.1, -0.05) is 32.9 Å². The molecule has 0 saturated carbocycles. The van der Waals surface area contributed by atoms with Gasteiger partial charge in [-0.05, 0) is 12.0 Å². The summed E-state index contributed by atoms with van der Waals surface area (Å²) in [7, 11) is -0.213. The minimum Gasteiger partial charge on any atom is -0.339 e. The fourth-order valence-corrected chi connectivity index (χ4v) is 1.62. The standard InChI is InChI=1S/C8H19NSi/c1-6-9-10-7(2)8(3,4)5/h9H,2,6,10H2,1,3-5H3. The molecule has 0 spiro atoms. The van der Waals surface area contributed by atoms with Crippen LogP contribution >= 0.6 is 0 Å². The van der Waals surface area contributed by atoms with Crippen molar-refractivity contribution in [2.75, 3.05) is 6.54 Å². The van der Waals surface area contributed by atoms with Crippen LogP contribution in [0.5, 0.6) is 0 Å². The van der Waals surface area contributed by atoms with Gasteiger partial charge in [0.15, 0.2) is 0 Å². The molecule has 0 aromatic carbocycles. The molecular weight excluding hydrogens is 138 g/mol. The van der Waals surface area contributed by atoms with Gasteiger partial charge in [0.2, 0.25) is 0 Å². The summed E-state index contributed by atoms with van der Waals surface area (Å²) < 4.78 is 0. The van der Waals surface area contributed by atoms with Crippen LogP contribution in [0.3, 0.4) is 0 Å². The molecule has 0 fully saturated rings. The summed E-state index contributed by atoms with van der Waals surface area (Å²) in [4.78, 5) is 3.39. The van der Waals surface area contributed by atoms with Crippen LogP contribution in [0, 0.1) is 5.41 Å². The lowest BCUT2D eigenvalue weighted by molar-refractivity contribution is 0.529. The third-order valence-electron chi connectivity index (χ3n) is 1.65. The molecule has 0 heterocycles. The molecule has 0 saturated heterocycles. The molecular formula is C8H19NSi. The van der Waals surface area contributed by atoms with E-state index in [1.807, 2.05) is 0 Å². The Morgan fingerprint density at radius 3 is 2.30 bits per heavy atom. The molecule has 0 rings (SSSR count). The number of rotatable bonds is 3. The van der Waals surface area contributed by atoms with Crippen LogP contribution in [0.15, 0.2) is 11.8 Å². The van der Waals surface area contributed by atoms with Gasteiger partial charge in [0.25, 0.3) is 0 Å². The van der Waals surface area contributed by atoms with Crippen LogP contribution in [0.2, 0.25) is 0 Å². The first kappa shape index (κ1) is 9.92. The van der Waals surface area contributed by atoms with E-state index in [0.717, 1.165) is 6.54 Å². The highest BCUT2D eigenvalue weighted by molar-refractivity contribution is 6.42. The van der Waals surface area contributed by atoms with E-state index in [1.54, 1.807) is 0 Å². The van der Waals surface area contributed by atoms with Gasteiger partial charge in [0.1, 0.15) is 9.68 Å². The van der Waals surface area contributed by atoms with Gasteiger partial charge >= 0.3 is 0 Å². The van der Waals surface area contributed by atoms with Crippen molar-refractivity contribution in [2.24, 2.45) is 5.41 Å². The molecule has 0 aromatic heterocycles. The zero-order valence-electron chi connectivity index (χ0n) is 7.62. The maximum atomic E-state index is 4.06. The molecule has 0 unspecified atom stereocenters. The normalized spacial score (nSPS) is 12.8. The van der Waals surface area contributed by atoms with E-state index in [0.29, 0.717) is 5.41 Å². The fraction of sp³-hybridized carbons (Fsp3) is 0.750. The maximum absolute atomic E-state index is 4.06. The average Bonchev–Trinajstić information content (AvgIpc) is 1.80. The fourth-order valence-electron chi connectivity index (χ4n) is 0.541. The van der Waals surface area contributed by atoms with E-state index in [-0.39, 0.29) is 9.68 Å². The van der Waals surface area contributed by atoms with Gasteiger partial charge in [-0.2, -0.15) is 0 Å². The van der Waals surface area contributed by atoms with Gasteiger partial charge in [0.05, 0.1) is 0 Å². The smallest absolute Gasteiger partial charge is 0.119 e. The molecule has 0 aliphatic rings. The highest BCUT2D eigenvalue weighted by Crippen LogP contribution is 2.21. The summed E-state index contributed by atoms with van der Waals surface area (Å²) in [5, 5.41) is 1.41. The summed E-state index contributed by atoms with van der Waals surface area (Å²) in [6, 6.07) is 0. The lowest BCUT2D eigenvalue weighted by Crippen LogP contribution is -2.26. The van der Waals surface area contributed by atoms with Crippen LogP contribution in [0.1, 0.15) is 27.7 Å². The first-order valence-electron chi connectivity index (χ1n) is 3.87. The molecule has 0 aliphatic heterocycles. The molecule has 0 amide bonds. The predicted octanol–water partition coefficient (Wildman–Crippen LogP) is 1.24. The second-order valence-corrected chi connectivity index (χ2v) is 5.34. The summed E-state index contributed by atoms with van der Waals surface area (Å²) in [6.07, 6.45) is 0. The largest absolute Gasteiger partial charge is 0.339 e. The minimum absolute atomic E-state index is 0.213. The molecule has 10 heavy (non-hydrogen) atoms. The average molecular weight is 157 g/mol. The molecule has 1 N–H and O–H groups in total. The molecule has 2 heteroatoms.